The SMILES string of the molecule is Brc1ccc([C@@H]2C3=C(Nc4ncnn42)c2ccccc2O[C@H]3c2cccs2)cc1. The second kappa shape index (κ2) is 6.57. The zero-order chi connectivity index (χ0) is 19.4. The molecule has 4 aromatic rings. The van der Waals surface area contributed by atoms with Crippen molar-refractivity contribution < 1.29 is 4.74 Å². The number of para-hydroxylation sites is 1. The zero-order valence-corrected chi connectivity index (χ0v) is 17.5. The molecule has 0 saturated carbocycles. The van der Waals surface area contributed by atoms with E-state index in [1.807, 2.05) is 22.9 Å². The maximum absolute atomic E-state index is 6.55. The van der Waals surface area contributed by atoms with Gasteiger partial charge in [0.2, 0.25) is 5.95 Å². The second-order valence-electron chi connectivity index (χ2n) is 6.95. The summed E-state index contributed by atoms with van der Waals surface area (Å²) >= 11 is 5.25. The lowest BCUT2D eigenvalue weighted by atomic mass is 9.87. The maximum Gasteiger partial charge on any atom is 0.226 e. The molecule has 0 unspecified atom stereocenters. The summed E-state index contributed by atoms with van der Waals surface area (Å²) in [5.41, 5.74) is 4.38. The Hall–Kier alpha value is -2.90. The van der Waals surface area contributed by atoms with Crippen LogP contribution in [0.1, 0.15) is 28.1 Å². The van der Waals surface area contributed by atoms with Gasteiger partial charge in [0.15, 0.2) is 6.10 Å². The molecule has 2 aromatic carbocycles. The van der Waals surface area contributed by atoms with Crippen LogP contribution in [0.3, 0.4) is 0 Å². The number of thiophene rings is 1. The first-order valence-electron chi connectivity index (χ1n) is 9.25. The number of aromatic nitrogens is 3. The number of hydrogen-bond acceptors (Lipinski definition) is 5. The zero-order valence-electron chi connectivity index (χ0n) is 15.1. The molecule has 4 heterocycles. The van der Waals surface area contributed by atoms with Gasteiger partial charge in [0.05, 0.1) is 5.70 Å². The van der Waals surface area contributed by atoms with Crippen LogP contribution >= 0.6 is 27.3 Å². The van der Waals surface area contributed by atoms with E-state index in [9.17, 15) is 0 Å². The van der Waals surface area contributed by atoms with E-state index >= 15 is 0 Å². The minimum absolute atomic E-state index is 0.114. The summed E-state index contributed by atoms with van der Waals surface area (Å²) in [6.07, 6.45) is 1.40. The van der Waals surface area contributed by atoms with Crippen LogP contribution in [-0.4, -0.2) is 14.8 Å². The molecule has 2 aliphatic heterocycles. The molecule has 1 N–H and O–H groups in total. The molecule has 5 nitrogen and oxygen atoms in total. The lowest BCUT2D eigenvalue weighted by molar-refractivity contribution is 0.226. The van der Waals surface area contributed by atoms with Crippen molar-refractivity contribution in [3.05, 3.63) is 98.4 Å². The van der Waals surface area contributed by atoms with Gasteiger partial charge in [-0.15, -0.1) is 11.3 Å². The van der Waals surface area contributed by atoms with E-state index < -0.39 is 0 Å². The maximum atomic E-state index is 6.55. The predicted molar refractivity (Wildman–Crippen MR) is 117 cm³/mol. The summed E-state index contributed by atoms with van der Waals surface area (Å²) in [6, 6.07) is 20.6. The van der Waals surface area contributed by atoms with Gasteiger partial charge in [-0.25, -0.2) is 4.68 Å². The molecule has 0 radical (unpaired) electrons. The quantitative estimate of drug-likeness (QED) is 0.417. The van der Waals surface area contributed by atoms with Crippen molar-refractivity contribution >= 4 is 38.9 Å². The summed E-state index contributed by atoms with van der Waals surface area (Å²) in [5.74, 6) is 1.61. The van der Waals surface area contributed by atoms with Crippen LogP contribution in [0.4, 0.5) is 5.95 Å². The molecule has 6 rings (SSSR count). The van der Waals surface area contributed by atoms with E-state index in [-0.39, 0.29) is 12.1 Å². The molecular formula is C22H15BrN4OS. The predicted octanol–water partition coefficient (Wildman–Crippen LogP) is 5.66. The number of halogens is 1. The Balaban J connectivity index is 1.64. The third kappa shape index (κ3) is 2.65. The first-order valence-corrected chi connectivity index (χ1v) is 10.9. The number of ether oxygens (including phenoxy) is 1. The van der Waals surface area contributed by atoms with E-state index in [0.29, 0.717) is 0 Å². The average molecular weight is 463 g/mol. The fourth-order valence-electron chi connectivity index (χ4n) is 4.06. The van der Waals surface area contributed by atoms with Crippen LogP contribution < -0.4 is 10.1 Å². The Labute approximate surface area is 179 Å². The van der Waals surface area contributed by atoms with Gasteiger partial charge in [-0.05, 0) is 41.3 Å². The molecule has 0 saturated heterocycles. The Morgan fingerprint density at radius 2 is 1.90 bits per heavy atom. The first kappa shape index (κ1) is 17.0. The van der Waals surface area contributed by atoms with Crippen molar-refractivity contribution in [1.82, 2.24) is 14.8 Å². The minimum atomic E-state index is -0.196. The van der Waals surface area contributed by atoms with Crippen LogP contribution in [0, 0.1) is 0 Å². The fourth-order valence-corrected chi connectivity index (χ4v) is 5.10. The van der Waals surface area contributed by atoms with Crippen molar-refractivity contribution in [2.24, 2.45) is 0 Å². The summed E-state index contributed by atoms with van der Waals surface area (Å²) < 4.78 is 9.54. The second-order valence-corrected chi connectivity index (χ2v) is 8.84. The fraction of sp³-hybridized carbons (Fsp3) is 0.0909. The van der Waals surface area contributed by atoms with Gasteiger partial charge in [0.25, 0.3) is 0 Å². The van der Waals surface area contributed by atoms with Crippen LogP contribution in [0.25, 0.3) is 5.70 Å². The van der Waals surface area contributed by atoms with Gasteiger partial charge in [-0.3, -0.25) is 0 Å². The standard InChI is InChI=1S/C22H15BrN4OS/c23-14-9-7-13(8-10-14)20-18-19(26-22-24-12-25-27(20)22)15-4-1-2-5-16(15)28-21(18)17-6-3-11-29-17/h1-12,20-21H,(H,24,25,26)/t20-,21+/m1/s1. The molecule has 0 amide bonds. The van der Waals surface area contributed by atoms with Crippen LogP contribution in [-0.2, 0) is 0 Å². The van der Waals surface area contributed by atoms with Crippen molar-refractivity contribution in [3.63, 3.8) is 0 Å². The van der Waals surface area contributed by atoms with Gasteiger partial charge >= 0.3 is 0 Å². The molecule has 0 fully saturated rings. The molecule has 0 aliphatic carbocycles. The Morgan fingerprint density at radius 1 is 1.03 bits per heavy atom. The molecule has 0 bridgehead atoms. The van der Waals surface area contributed by atoms with Crippen LogP contribution in [0.15, 0.2) is 82.4 Å². The monoisotopic (exact) mass is 462 g/mol. The van der Waals surface area contributed by atoms with Gasteiger partial charge in [-0.2, -0.15) is 10.1 Å². The molecule has 2 atom stereocenters. The van der Waals surface area contributed by atoms with Crippen LogP contribution in [0.2, 0.25) is 0 Å². The number of nitrogens with one attached hydrogen (secondary N) is 1. The van der Waals surface area contributed by atoms with Crippen molar-refractivity contribution in [2.45, 2.75) is 12.1 Å². The Bertz CT molecular complexity index is 1230. The van der Waals surface area contributed by atoms with E-state index in [2.05, 4.69) is 79.2 Å². The lowest BCUT2D eigenvalue weighted by Crippen LogP contribution is -2.32. The normalized spacial score (nSPS) is 19.6. The highest BCUT2D eigenvalue weighted by atomic mass is 79.9. The molecular weight excluding hydrogens is 448 g/mol. The topological polar surface area (TPSA) is 52.0 Å². The number of anilines is 1. The highest BCUT2D eigenvalue weighted by molar-refractivity contribution is 9.10. The molecule has 142 valence electrons. The smallest absolute Gasteiger partial charge is 0.226 e. The lowest BCUT2D eigenvalue weighted by Gasteiger charge is -2.38. The number of benzene rings is 2. The van der Waals surface area contributed by atoms with Crippen molar-refractivity contribution in [2.75, 3.05) is 5.32 Å². The summed E-state index contributed by atoms with van der Waals surface area (Å²) in [4.78, 5) is 5.63. The third-order valence-corrected chi connectivity index (χ3v) is 6.75. The van der Waals surface area contributed by atoms with Gasteiger partial charge in [0, 0.05) is 20.5 Å². The van der Waals surface area contributed by atoms with Crippen molar-refractivity contribution in [3.8, 4) is 5.75 Å². The molecule has 2 aliphatic rings. The largest absolute Gasteiger partial charge is 0.480 e. The number of nitrogens with zero attached hydrogens (tertiary/aromatic N) is 3. The van der Waals surface area contributed by atoms with E-state index in [1.165, 1.54) is 4.88 Å². The van der Waals surface area contributed by atoms with Gasteiger partial charge in [-0.1, -0.05) is 46.3 Å². The molecule has 2 aromatic heterocycles. The minimum Gasteiger partial charge on any atom is -0.480 e. The molecule has 7 heteroatoms. The Kier molecular flexibility index (Phi) is 3.85. The van der Waals surface area contributed by atoms with Gasteiger partial charge in [0.1, 0.15) is 18.1 Å². The Morgan fingerprint density at radius 3 is 2.72 bits per heavy atom. The van der Waals surface area contributed by atoms with Crippen LogP contribution in [0.5, 0.6) is 5.75 Å². The van der Waals surface area contributed by atoms with Gasteiger partial charge < -0.3 is 10.1 Å². The summed E-state index contributed by atoms with van der Waals surface area (Å²) in [5, 5.41) is 10.2. The highest BCUT2D eigenvalue weighted by Gasteiger charge is 2.41. The third-order valence-electron chi connectivity index (χ3n) is 5.31. The van der Waals surface area contributed by atoms with E-state index in [0.717, 1.165) is 38.6 Å². The van der Waals surface area contributed by atoms with E-state index in [4.69, 9.17) is 4.74 Å². The number of fused-ring (bicyclic) bond motifs is 3. The van der Waals surface area contributed by atoms with E-state index in [1.54, 1.807) is 17.7 Å². The first-order chi connectivity index (χ1) is 14.3. The molecule has 0 spiro atoms. The number of rotatable bonds is 2. The summed E-state index contributed by atoms with van der Waals surface area (Å²) in [7, 11) is 0. The molecule has 29 heavy (non-hydrogen) atoms. The number of hydrogen-bond donors (Lipinski definition) is 1. The average Bonchev–Trinajstić information content (AvgIpc) is 3.44. The highest BCUT2D eigenvalue weighted by Crippen LogP contribution is 2.51. The summed E-state index contributed by atoms with van der Waals surface area (Å²) in [6.45, 7) is 0. The van der Waals surface area contributed by atoms with Crippen molar-refractivity contribution in [1.29, 1.82) is 0 Å².